The molecule has 9 nitrogen and oxygen atoms in total. The average Bonchev–Trinajstić information content (AvgIpc) is 3.11. The zero-order valence-electron chi connectivity index (χ0n) is 13.9. The van der Waals surface area contributed by atoms with Gasteiger partial charge in [-0.2, -0.15) is 0 Å². The molecule has 26 heavy (non-hydrogen) atoms. The first kappa shape index (κ1) is 16.3. The summed E-state index contributed by atoms with van der Waals surface area (Å²) in [6, 6.07) is 6.68. The van der Waals surface area contributed by atoms with Gasteiger partial charge >= 0.3 is 0 Å². The monoisotopic (exact) mass is 355 g/mol. The van der Waals surface area contributed by atoms with E-state index < -0.39 is 5.91 Å². The van der Waals surface area contributed by atoms with Crippen LogP contribution in [-0.4, -0.2) is 46.7 Å². The summed E-state index contributed by atoms with van der Waals surface area (Å²) in [7, 11) is 0. The van der Waals surface area contributed by atoms with Crippen molar-refractivity contribution in [3.63, 3.8) is 0 Å². The highest BCUT2D eigenvalue weighted by atomic mass is 16.5. The minimum Gasteiger partial charge on any atom is -0.443 e. The number of fused-ring (bicyclic) bond motifs is 1. The fourth-order valence-corrected chi connectivity index (χ4v) is 3.06. The number of nitrogens with zero attached hydrogens (tertiary/aromatic N) is 4. The normalized spacial score (nSPS) is 14.7. The number of carbonyl (C=O) groups is 1. The van der Waals surface area contributed by atoms with E-state index in [-0.39, 0.29) is 17.8 Å². The number of hydrogen-bond acceptors (Lipinski definition) is 7. The van der Waals surface area contributed by atoms with E-state index in [0.717, 1.165) is 0 Å². The summed E-state index contributed by atoms with van der Waals surface area (Å²) in [5.74, 6) is 0.206. The van der Waals surface area contributed by atoms with Gasteiger partial charge in [-0.3, -0.25) is 14.2 Å². The minimum absolute atomic E-state index is 0.165. The molecule has 0 aliphatic carbocycles. The Bertz CT molecular complexity index is 1020. The molecule has 1 aliphatic heterocycles. The van der Waals surface area contributed by atoms with E-state index in [1.807, 2.05) is 4.90 Å². The summed E-state index contributed by atoms with van der Waals surface area (Å²) < 4.78 is 12.0. The number of rotatable bonds is 4. The number of carbonyl (C=O) groups excluding carboxylic acids is 1. The highest BCUT2D eigenvalue weighted by molar-refractivity contribution is 5.82. The molecule has 9 heteroatoms. The maximum atomic E-state index is 12.9. The van der Waals surface area contributed by atoms with Crippen LogP contribution in [0.1, 0.15) is 5.82 Å². The molecular weight excluding hydrogens is 338 g/mol. The first-order valence-corrected chi connectivity index (χ1v) is 8.20. The standard InChI is InChI=1S/C17H17N5O4/c18-13(23)8-15-20-14(21-4-6-25-7-5-21)9-16(24)22(15)11-2-1-3-12-17(11)19-10-26-12/h1-3,9-10H,4-8H2,(H2,18,23). The number of ether oxygens (including phenoxy) is 1. The number of para-hydroxylation sites is 1. The van der Waals surface area contributed by atoms with Gasteiger partial charge in [0, 0.05) is 19.2 Å². The van der Waals surface area contributed by atoms with Gasteiger partial charge in [0.2, 0.25) is 5.91 Å². The van der Waals surface area contributed by atoms with Crippen LogP contribution in [0.25, 0.3) is 16.8 Å². The van der Waals surface area contributed by atoms with E-state index in [4.69, 9.17) is 14.9 Å². The summed E-state index contributed by atoms with van der Waals surface area (Å²) in [6.07, 6.45) is 1.14. The lowest BCUT2D eigenvalue weighted by Crippen LogP contribution is -2.38. The van der Waals surface area contributed by atoms with E-state index >= 15 is 0 Å². The van der Waals surface area contributed by atoms with Crippen LogP contribution in [-0.2, 0) is 16.0 Å². The number of oxazole rings is 1. The number of aromatic nitrogens is 3. The third-order valence-corrected chi connectivity index (χ3v) is 4.22. The van der Waals surface area contributed by atoms with Crippen molar-refractivity contribution in [2.75, 3.05) is 31.2 Å². The van der Waals surface area contributed by atoms with E-state index in [2.05, 4.69) is 9.97 Å². The Balaban J connectivity index is 1.89. The van der Waals surface area contributed by atoms with Gasteiger partial charge in [-0.15, -0.1) is 0 Å². The Morgan fingerprint density at radius 3 is 2.85 bits per heavy atom. The molecular formula is C17H17N5O4. The number of anilines is 1. The Labute approximate surface area is 148 Å². The molecule has 0 spiro atoms. The van der Waals surface area contributed by atoms with Gasteiger partial charge in [0.1, 0.15) is 17.2 Å². The number of primary amides is 1. The molecule has 1 saturated heterocycles. The highest BCUT2D eigenvalue weighted by Gasteiger charge is 2.20. The SMILES string of the molecule is NC(=O)Cc1nc(N2CCOCC2)cc(=O)n1-c1cccc2ocnc12. The van der Waals surface area contributed by atoms with Crippen LogP contribution in [0.3, 0.4) is 0 Å². The third kappa shape index (κ3) is 2.93. The van der Waals surface area contributed by atoms with Crippen molar-refractivity contribution >= 4 is 22.8 Å². The Morgan fingerprint density at radius 1 is 1.27 bits per heavy atom. The number of morpholine rings is 1. The molecule has 1 aromatic carbocycles. The lowest BCUT2D eigenvalue weighted by molar-refractivity contribution is -0.117. The molecule has 0 atom stereocenters. The maximum Gasteiger partial charge on any atom is 0.260 e. The van der Waals surface area contributed by atoms with E-state index in [0.29, 0.717) is 48.9 Å². The Morgan fingerprint density at radius 2 is 2.08 bits per heavy atom. The van der Waals surface area contributed by atoms with Gasteiger partial charge in [0.05, 0.1) is 25.3 Å². The molecule has 1 fully saturated rings. The number of hydrogen-bond donors (Lipinski definition) is 1. The van der Waals surface area contributed by atoms with Gasteiger partial charge in [-0.1, -0.05) is 6.07 Å². The lowest BCUT2D eigenvalue weighted by atomic mass is 10.2. The smallest absolute Gasteiger partial charge is 0.260 e. The topological polar surface area (TPSA) is 116 Å². The second kappa shape index (κ2) is 6.60. The minimum atomic E-state index is -0.572. The van der Waals surface area contributed by atoms with Gasteiger partial charge < -0.3 is 19.8 Å². The Kier molecular flexibility index (Phi) is 4.13. The van der Waals surface area contributed by atoms with Crippen LogP contribution in [0, 0.1) is 0 Å². The Hall–Kier alpha value is -3.20. The molecule has 4 rings (SSSR count). The van der Waals surface area contributed by atoms with Crippen molar-refractivity contribution in [2.45, 2.75) is 6.42 Å². The van der Waals surface area contributed by atoms with Gasteiger partial charge in [0.15, 0.2) is 12.0 Å². The van der Waals surface area contributed by atoms with Crippen LogP contribution >= 0.6 is 0 Å². The van der Waals surface area contributed by atoms with Crippen molar-refractivity contribution < 1.29 is 13.9 Å². The number of benzene rings is 1. The second-order valence-corrected chi connectivity index (χ2v) is 5.92. The van der Waals surface area contributed by atoms with E-state index in [9.17, 15) is 9.59 Å². The van der Waals surface area contributed by atoms with E-state index in [1.54, 1.807) is 18.2 Å². The average molecular weight is 355 g/mol. The molecule has 3 aromatic rings. The molecule has 1 amide bonds. The summed E-state index contributed by atoms with van der Waals surface area (Å²) in [5.41, 5.74) is 6.62. The summed E-state index contributed by atoms with van der Waals surface area (Å²) in [4.78, 5) is 35.1. The van der Waals surface area contributed by atoms with Crippen molar-refractivity contribution in [3.8, 4) is 5.69 Å². The molecule has 0 radical (unpaired) electrons. The third-order valence-electron chi connectivity index (χ3n) is 4.22. The van der Waals surface area contributed by atoms with Crippen LogP contribution < -0.4 is 16.2 Å². The predicted molar refractivity (Wildman–Crippen MR) is 93.3 cm³/mol. The zero-order valence-corrected chi connectivity index (χ0v) is 13.9. The molecule has 3 heterocycles. The van der Waals surface area contributed by atoms with E-state index in [1.165, 1.54) is 17.0 Å². The summed E-state index contributed by atoms with van der Waals surface area (Å²) in [6.45, 7) is 2.39. The van der Waals surface area contributed by atoms with Crippen LogP contribution in [0.4, 0.5) is 5.82 Å². The van der Waals surface area contributed by atoms with Gasteiger partial charge in [-0.25, -0.2) is 9.97 Å². The lowest BCUT2D eigenvalue weighted by Gasteiger charge is -2.28. The maximum absolute atomic E-state index is 12.9. The van der Waals surface area contributed by atoms with Gasteiger partial charge in [-0.05, 0) is 12.1 Å². The first-order chi connectivity index (χ1) is 12.6. The van der Waals surface area contributed by atoms with Crippen LogP contribution in [0.15, 0.2) is 39.9 Å². The molecule has 0 bridgehead atoms. The largest absolute Gasteiger partial charge is 0.443 e. The van der Waals surface area contributed by atoms with Crippen molar-refractivity contribution in [1.29, 1.82) is 0 Å². The molecule has 134 valence electrons. The second-order valence-electron chi connectivity index (χ2n) is 5.92. The van der Waals surface area contributed by atoms with Gasteiger partial charge in [0.25, 0.3) is 5.56 Å². The molecule has 2 N–H and O–H groups in total. The molecule has 1 aliphatic rings. The molecule has 2 aromatic heterocycles. The van der Waals surface area contributed by atoms with Crippen molar-refractivity contribution in [1.82, 2.24) is 14.5 Å². The van der Waals surface area contributed by atoms with Crippen molar-refractivity contribution in [3.05, 3.63) is 46.8 Å². The van der Waals surface area contributed by atoms with Crippen molar-refractivity contribution in [2.24, 2.45) is 5.73 Å². The molecule has 0 saturated carbocycles. The fourth-order valence-electron chi connectivity index (χ4n) is 3.06. The highest BCUT2D eigenvalue weighted by Crippen LogP contribution is 2.22. The zero-order chi connectivity index (χ0) is 18.1. The predicted octanol–water partition coefficient (Wildman–Crippen LogP) is 0.238. The quantitative estimate of drug-likeness (QED) is 0.712. The fraction of sp³-hybridized carbons (Fsp3) is 0.294. The molecule has 0 unspecified atom stereocenters. The van der Waals surface area contributed by atoms with Crippen LogP contribution in [0.2, 0.25) is 0 Å². The number of amides is 1. The van der Waals surface area contributed by atoms with Crippen LogP contribution in [0.5, 0.6) is 0 Å². The summed E-state index contributed by atoms with van der Waals surface area (Å²) in [5, 5.41) is 0. The first-order valence-electron chi connectivity index (χ1n) is 8.20. The number of nitrogens with two attached hydrogens (primary N) is 1. The summed E-state index contributed by atoms with van der Waals surface area (Å²) >= 11 is 0.